The number of hydrogen-bond donors (Lipinski definition) is 1. The number of ether oxygens (including phenoxy) is 1. The second-order valence-corrected chi connectivity index (χ2v) is 3.66. The van der Waals surface area contributed by atoms with Gasteiger partial charge in [0.2, 0.25) is 5.56 Å². The van der Waals surface area contributed by atoms with Gasteiger partial charge in [-0.3, -0.25) is 4.79 Å². The summed E-state index contributed by atoms with van der Waals surface area (Å²) < 4.78 is 63.4. The van der Waals surface area contributed by atoms with Gasteiger partial charge in [0.15, 0.2) is 5.75 Å². The molecular formula is C7H3F5INO2. The van der Waals surface area contributed by atoms with E-state index in [0.717, 1.165) is 0 Å². The molecule has 9 heteroatoms. The Hall–Kier alpha value is -0.870. The number of rotatable bonds is 2. The lowest BCUT2D eigenvalue weighted by Gasteiger charge is -2.13. The van der Waals surface area contributed by atoms with E-state index in [-0.39, 0.29) is 0 Å². The van der Waals surface area contributed by atoms with Crippen molar-refractivity contribution in [3.05, 3.63) is 25.7 Å². The Morgan fingerprint density at radius 2 is 1.94 bits per heavy atom. The highest BCUT2D eigenvalue weighted by atomic mass is 127. The molecule has 0 unspecified atom stereocenters. The van der Waals surface area contributed by atoms with Crippen molar-refractivity contribution in [3.63, 3.8) is 0 Å². The molecule has 1 aromatic heterocycles. The Morgan fingerprint density at radius 3 is 2.38 bits per heavy atom. The number of hydrogen-bond acceptors (Lipinski definition) is 2. The summed E-state index contributed by atoms with van der Waals surface area (Å²) in [4.78, 5) is 12.7. The van der Waals surface area contributed by atoms with Crippen molar-refractivity contribution in [2.45, 2.75) is 12.8 Å². The van der Waals surface area contributed by atoms with E-state index in [0.29, 0.717) is 6.07 Å². The molecule has 0 aliphatic rings. The van der Waals surface area contributed by atoms with E-state index in [1.165, 1.54) is 22.6 Å². The lowest BCUT2D eigenvalue weighted by molar-refractivity contribution is -0.275. The maximum absolute atomic E-state index is 12.4. The number of aromatic nitrogens is 1. The number of pyridine rings is 1. The zero-order chi connectivity index (χ0) is 12.5. The Morgan fingerprint density at radius 1 is 1.38 bits per heavy atom. The highest BCUT2D eigenvalue weighted by molar-refractivity contribution is 14.1. The third kappa shape index (κ3) is 3.32. The predicted molar refractivity (Wildman–Crippen MR) is 51.4 cm³/mol. The number of aromatic amines is 1. The Kier molecular flexibility index (Phi) is 3.76. The number of halogens is 6. The van der Waals surface area contributed by atoms with Crippen LogP contribution in [0.1, 0.15) is 12.0 Å². The summed E-state index contributed by atoms with van der Waals surface area (Å²) in [6, 6.07) is 0.369. The Balaban J connectivity index is 3.30. The van der Waals surface area contributed by atoms with Crippen LogP contribution in [0.3, 0.4) is 0 Å². The van der Waals surface area contributed by atoms with Crippen molar-refractivity contribution < 1.29 is 26.7 Å². The van der Waals surface area contributed by atoms with E-state index in [1.54, 1.807) is 0 Å². The van der Waals surface area contributed by atoms with Gasteiger partial charge in [0.25, 0.3) is 6.43 Å². The van der Waals surface area contributed by atoms with Crippen LogP contribution in [-0.4, -0.2) is 11.3 Å². The van der Waals surface area contributed by atoms with Crippen LogP contribution < -0.4 is 10.3 Å². The van der Waals surface area contributed by atoms with E-state index in [2.05, 4.69) is 4.74 Å². The van der Waals surface area contributed by atoms with Gasteiger partial charge in [0.1, 0.15) is 3.70 Å². The topological polar surface area (TPSA) is 42.1 Å². The third-order valence-corrected chi connectivity index (χ3v) is 2.19. The van der Waals surface area contributed by atoms with Gasteiger partial charge in [-0.05, 0) is 22.6 Å². The molecule has 0 bridgehead atoms. The summed E-state index contributed by atoms with van der Waals surface area (Å²) in [6.45, 7) is 0. The van der Waals surface area contributed by atoms with Gasteiger partial charge in [0.05, 0.1) is 5.56 Å². The molecule has 0 saturated carbocycles. The van der Waals surface area contributed by atoms with Crippen LogP contribution in [0.15, 0.2) is 10.9 Å². The molecule has 1 aromatic rings. The highest BCUT2D eigenvalue weighted by Gasteiger charge is 2.34. The monoisotopic (exact) mass is 355 g/mol. The summed E-state index contributed by atoms with van der Waals surface area (Å²) >= 11 is 1.27. The lowest BCUT2D eigenvalue weighted by atomic mass is 10.2. The summed E-state index contributed by atoms with van der Waals surface area (Å²) in [5.74, 6) is -1.08. The molecule has 0 aliphatic carbocycles. The molecule has 0 atom stereocenters. The fraction of sp³-hybridized carbons (Fsp3) is 0.286. The summed E-state index contributed by atoms with van der Waals surface area (Å²) in [6.07, 6.45) is -8.32. The van der Waals surface area contributed by atoms with Gasteiger partial charge in [-0.15, -0.1) is 13.2 Å². The van der Waals surface area contributed by atoms with Gasteiger partial charge in [-0.25, -0.2) is 8.78 Å². The smallest absolute Gasteiger partial charge is 0.403 e. The number of H-pyrrole nitrogens is 1. The standard InChI is InChI=1S/C7H3F5INO2/c8-5(9)2-1-3(15)14-6(13)4(2)16-7(10,11)12/h1,5H,(H,14,15). The first-order valence-electron chi connectivity index (χ1n) is 3.67. The van der Waals surface area contributed by atoms with Gasteiger partial charge in [-0.1, -0.05) is 0 Å². The molecule has 1 N–H and O–H groups in total. The average molecular weight is 355 g/mol. The minimum Gasteiger partial charge on any atom is -0.403 e. The normalized spacial score (nSPS) is 11.9. The van der Waals surface area contributed by atoms with E-state index >= 15 is 0 Å². The van der Waals surface area contributed by atoms with E-state index in [1.807, 2.05) is 4.98 Å². The van der Waals surface area contributed by atoms with Crippen molar-refractivity contribution in [2.24, 2.45) is 0 Å². The van der Waals surface area contributed by atoms with Gasteiger partial charge in [-0.2, -0.15) is 0 Å². The molecule has 1 heterocycles. The maximum atomic E-state index is 12.4. The molecule has 0 saturated heterocycles. The summed E-state index contributed by atoms with van der Waals surface area (Å²) in [5, 5.41) is 0. The number of alkyl halides is 5. The minimum absolute atomic E-state index is 0.369. The Bertz CT molecular complexity index is 441. The molecule has 0 aromatic carbocycles. The number of nitrogens with one attached hydrogen (secondary N) is 1. The molecular weight excluding hydrogens is 352 g/mol. The molecule has 16 heavy (non-hydrogen) atoms. The molecule has 0 amide bonds. The molecule has 0 radical (unpaired) electrons. The van der Waals surface area contributed by atoms with E-state index in [9.17, 15) is 26.7 Å². The zero-order valence-electron chi connectivity index (χ0n) is 7.24. The first-order chi connectivity index (χ1) is 7.20. The lowest BCUT2D eigenvalue weighted by Crippen LogP contribution is -2.21. The molecule has 1 rings (SSSR count). The fourth-order valence-corrected chi connectivity index (χ4v) is 1.60. The molecule has 0 spiro atoms. The maximum Gasteiger partial charge on any atom is 0.573 e. The largest absolute Gasteiger partial charge is 0.573 e. The van der Waals surface area contributed by atoms with Crippen LogP contribution in [0.2, 0.25) is 0 Å². The molecule has 90 valence electrons. The van der Waals surface area contributed by atoms with Crippen molar-refractivity contribution in [1.82, 2.24) is 4.98 Å². The first kappa shape index (κ1) is 13.2. The average Bonchev–Trinajstić information content (AvgIpc) is 2.07. The van der Waals surface area contributed by atoms with Crippen LogP contribution >= 0.6 is 22.6 Å². The fourth-order valence-electron chi connectivity index (χ4n) is 0.916. The third-order valence-electron chi connectivity index (χ3n) is 1.43. The summed E-state index contributed by atoms with van der Waals surface area (Å²) in [5.41, 5.74) is -2.01. The van der Waals surface area contributed by atoms with Gasteiger partial charge >= 0.3 is 6.36 Å². The van der Waals surface area contributed by atoms with Crippen LogP contribution in [0.25, 0.3) is 0 Å². The SMILES string of the molecule is O=c1cc(C(F)F)c(OC(F)(F)F)c(I)[nH]1. The van der Waals surface area contributed by atoms with Crippen molar-refractivity contribution >= 4 is 22.6 Å². The second-order valence-electron chi connectivity index (χ2n) is 2.58. The molecule has 3 nitrogen and oxygen atoms in total. The van der Waals surface area contributed by atoms with Crippen LogP contribution in [-0.2, 0) is 0 Å². The molecule has 0 aliphatic heterocycles. The van der Waals surface area contributed by atoms with Crippen molar-refractivity contribution in [3.8, 4) is 5.75 Å². The summed E-state index contributed by atoms with van der Waals surface area (Å²) in [7, 11) is 0. The first-order valence-corrected chi connectivity index (χ1v) is 4.75. The van der Waals surface area contributed by atoms with Crippen LogP contribution in [0.5, 0.6) is 5.75 Å². The van der Waals surface area contributed by atoms with Crippen LogP contribution in [0.4, 0.5) is 22.0 Å². The minimum atomic E-state index is -5.10. The predicted octanol–water partition coefficient (Wildman–Crippen LogP) is 2.82. The quantitative estimate of drug-likeness (QED) is 0.504. The van der Waals surface area contributed by atoms with Gasteiger partial charge < -0.3 is 9.72 Å². The van der Waals surface area contributed by atoms with E-state index < -0.39 is 33.4 Å². The molecule has 0 fully saturated rings. The highest BCUT2D eigenvalue weighted by Crippen LogP contribution is 2.34. The second kappa shape index (κ2) is 4.55. The zero-order valence-corrected chi connectivity index (χ0v) is 9.40. The van der Waals surface area contributed by atoms with Crippen LogP contribution in [0, 0.1) is 3.70 Å². The van der Waals surface area contributed by atoms with Gasteiger partial charge in [0, 0.05) is 6.07 Å². The van der Waals surface area contributed by atoms with E-state index in [4.69, 9.17) is 0 Å². The Labute approximate surface area is 98.7 Å². The van der Waals surface area contributed by atoms with Crippen molar-refractivity contribution in [2.75, 3.05) is 0 Å². The van der Waals surface area contributed by atoms with Crippen molar-refractivity contribution in [1.29, 1.82) is 0 Å².